The van der Waals surface area contributed by atoms with E-state index in [0.29, 0.717) is 0 Å². The van der Waals surface area contributed by atoms with Crippen LogP contribution < -0.4 is 0 Å². The lowest BCUT2D eigenvalue weighted by Gasteiger charge is -2.18. The summed E-state index contributed by atoms with van der Waals surface area (Å²) in [7, 11) is 0. The van der Waals surface area contributed by atoms with Crippen molar-refractivity contribution in [3.63, 3.8) is 0 Å². The smallest absolute Gasteiger partial charge is 0.144 e. The second-order valence-electron chi connectivity index (χ2n) is 13.0. The van der Waals surface area contributed by atoms with Gasteiger partial charge in [-0.15, -0.1) is 0 Å². The normalized spacial score (nSPS) is 12.7. The number of hydrogen-bond acceptors (Lipinski definition) is 2. The molecule has 238 valence electrons. The molecule has 0 aliphatic carbocycles. The van der Waals surface area contributed by atoms with E-state index in [2.05, 4.69) is 141 Å². The summed E-state index contributed by atoms with van der Waals surface area (Å²) in [6.07, 6.45) is 10.3. The molecule has 9 rings (SSSR count). The van der Waals surface area contributed by atoms with Crippen molar-refractivity contribution in [1.82, 2.24) is 0 Å². The van der Waals surface area contributed by atoms with Crippen LogP contribution in [0.4, 0.5) is 0 Å². The van der Waals surface area contributed by atoms with Crippen molar-refractivity contribution in [2.45, 2.75) is 13.8 Å². The highest BCUT2D eigenvalue weighted by Crippen LogP contribution is 2.45. The Balaban J connectivity index is 1.26. The number of benzene rings is 7. The fraction of sp³-hybridized carbons (Fsp3) is 0.0417. The van der Waals surface area contributed by atoms with Gasteiger partial charge in [-0.3, -0.25) is 0 Å². The van der Waals surface area contributed by atoms with E-state index in [0.717, 1.165) is 82.5 Å². The average molecular weight is 643 g/mol. The Hall–Kier alpha value is -6.38. The van der Waals surface area contributed by atoms with E-state index in [1.165, 1.54) is 27.1 Å². The van der Waals surface area contributed by atoms with Crippen LogP contribution in [-0.2, 0) is 0 Å². The van der Waals surface area contributed by atoms with Gasteiger partial charge >= 0.3 is 0 Å². The predicted molar refractivity (Wildman–Crippen MR) is 215 cm³/mol. The SMILES string of the molecule is C=C(/C=C\C(=C)c1c2ccccc2c(-c2ccc3oc4c(ccc5ccc6oc7ccccc7c6c54)c3c2)c2ccccc12)/C(C)=C/C=C\C. The zero-order valence-corrected chi connectivity index (χ0v) is 28.1. The summed E-state index contributed by atoms with van der Waals surface area (Å²) in [4.78, 5) is 0. The van der Waals surface area contributed by atoms with Crippen LogP contribution in [0.2, 0.25) is 0 Å². The first-order valence-electron chi connectivity index (χ1n) is 17.0. The molecule has 0 N–H and O–H groups in total. The van der Waals surface area contributed by atoms with Crippen molar-refractivity contribution in [2.24, 2.45) is 0 Å². The van der Waals surface area contributed by atoms with Crippen LogP contribution in [0, 0.1) is 0 Å². The van der Waals surface area contributed by atoms with Crippen molar-refractivity contribution in [3.05, 3.63) is 176 Å². The monoisotopic (exact) mass is 642 g/mol. The Morgan fingerprint density at radius 2 is 1.22 bits per heavy atom. The van der Waals surface area contributed by atoms with Crippen LogP contribution in [0.5, 0.6) is 0 Å². The molecule has 9 aromatic rings. The van der Waals surface area contributed by atoms with E-state index in [9.17, 15) is 0 Å². The van der Waals surface area contributed by atoms with E-state index in [-0.39, 0.29) is 0 Å². The van der Waals surface area contributed by atoms with Crippen molar-refractivity contribution >= 4 is 81.8 Å². The summed E-state index contributed by atoms with van der Waals surface area (Å²) in [5.74, 6) is 0. The molecule has 0 unspecified atom stereocenters. The molecular weight excluding hydrogens is 609 g/mol. The van der Waals surface area contributed by atoms with Crippen LogP contribution in [0.15, 0.2) is 179 Å². The van der Waals surface area contributed by atoms with E-state index in [1.807, 2.05) is 31.2 Å². The Morgan fingerprint density at radius 1 is 0.580 bits per heavy atom. The van der Waals surface area contributed by atoms with Gasteiger partial charge in [-0.05, 0) is 105 Å². The summed E-state index contributed by atoms with van der Waals surface area (Å²) < 4.78 is 13.0. The first-order chi connectivity index (χ1) is 24.5. The van der Waals surface area contributed by atoms with Crippen molar-refractivity contribution in [2.75, 3.05) is 0 Å². The molecule has 7 aromatic carbocycles. The third kappa shape index (κ3) is 4.57. The average Bonchev–Trinajstić information content (AvgIpc) is 3.73. The van der Waals surface area contributed by atoms with E-state index in [1.54, 1.807) is 0 Å². The number of para-hydroxylation sites is 1. The fourth-order valence-corrected chi connectivity index (χ4v) is 7.56. The minimum atomic E-state index is 0.865. The van der Waals surface area contributed by atoms with Gasteiger partial charge in [0.2, 0.25) is 0 Å². The lowest BCUT2D eigenvalue weighted by molar-refractivity contribution is 0.668. The molecule has 0 saturated carbocycles. The second-order valence-corrected chi connectivity index (χ2v) is 13.0. The van der Waals surface area contributed by atoms with Crippen LogP contribution in [0.25, 0.3) is 92.9 Å². The van der Waals surface area contributed by atoms with Gasteiger partial charge in [0.1, 0.15) is 22.3 Å². The van der Waals surface area contributed by atoms with Gasteiger partial charge in [0, 0.05) is 26.9 Å². The second kappa shape index (κ2) is 11.6. The highest BCUT2D eigenvalue weighted by Gasteiger charge is 2.20. The van der Waals surface area contributed by atoms with Gasteiger partial charge in [0.25, 0.3) is 0 Å². The highest BCUT2D eigenvalue weighted by atomic mass is 16.3. The van der Waals surface area contributed by atoms with Gasteiger partial charge in [0.05, 0.1) is 0 Å². The number of furan rings is 2. The predicted octanol–water partition coefficient (Wildman–Crippen LogP) is 14.3. The third-order valence-corrected chi connectivity index (χ3v) is 10.0. The maximum Gasteiger partial charge on any atom is 0.144 e. The largest absolute Gasteiger partial charge is 0.456 e. The summed E-state index contributed by atoms with van der Waals surface area (Å²) in [6.45, 7) is 13.0. The topological polar surface area (TPSA) is 26.3 Å². The van der Waals surface area contributed by atoms with Gasteiger partial charge in [-0.25, -0.2) is 0 Å². The first kappa shape index (κ1) is 29.7. The van der Waals surface area contributed by atoms with Crippen LogP contribution in [-0.4, -0.2) is 0 Å². The van der Waals surface area contributed by atoms with Gasteiger partial charge in [-0.1, -0.05) is 128 Å². The molecule has 2 aromatic heterocycles. The minimum Gasteiger partial charge on any atom is -0.456 e. The number of hydrogen-bond donors (Lipinski definition) is 0. The van der Waals surface area contributed by atoms with Crippen LogP contribution in [0.3, 0.4) is 0 Å². The molecule has 0 aliphatic rings. The molecular formula is C48H34O2. The van der Waals surface area contributed by atoms with Crippen LogP contribution >= 0.6 is 0 Å². The first-order valence-corrected chi connectivity index (χ1v) is 17.0. The molecule has 0 aliphatic heterocycles. The summed E-state index contributed by atoms with van der Waals surface area (Å²) in [5.41, 5.74) is 10.0. The van der Waals surface area contributed by atoms with Crippen molar-refractivity contribution < 1.29 is 8.83 Å². The quantitative estimate of drug-likeness (QED) is 0.133. The number of rotatable bonds is 6. The molecule has 0 atom stereocenters. The maximum atomic E-state index is 6.72. The Kier molecular flexibility index (Phi) is 6.93. The standard InChI is InChI=1S/C48H34O2/c1-5-6-13-29(2)30(3)20-21-31(4)44-34-14-7-9-16-36(34)45(37-17-10-8-15-35(37)44)33-24-26-42-40(28-33)38-25-22-32-23-27-43-47(46(32)48(38)50-42)39-18-11-12-19-41(39)49-43/h5-28H,3-4H2,1-2H3/b6-5-,21-20-,29-13+. The Bertz CT molecular complexity index is 2920. The third-order valence-electron chi connectivity index (χ3n) is 10.0. The minimum absolute atomic E-state index is 0.865. The molecule has 2 heteroatoms. The zero-order valence-electron chi connectivity index (χ0n) is 28.1. The highest BCUT2D eigenvalue weighted by molar-refractivity contribution is 6.28. The molecule has 2 heterocycles. The van der Waals surface area contributed by atoms with Crippen molar-refractivity contribution in [3.8, 4) is 11.1 Å². The molecule has 0 spiro atoms. The van der Waals surface area contributed by atoms with Crippen LogP contribution in [0.1, 0.15) is 19.4 Å². The molecule has 2 nitrogen and oxygen atoms in total. The molecule has 0 radical (unpaired) electrons. The molecule has 0 fully saturated rings. The Labute approximate surface area is 290 Å². The lowest BCUT2D eigenvalue weighted by Crippen LogP contribution is -1.92. The fourth-order valence-electron chi connectivity index (χ4n) is 7.56. The molecule has 0 amide bonds. The number of fused-ring (bicyclic) bond motifs is 11. The maximum absolute atomic E-state index is 6.72. The lowest BCUT2D eigenvalue weighted by atomic mass is 9.85. The zero-order chi connectivity index (χ0) is 33.9. The van der Waals surface area contributed by atoms with Gasteiger partial charge < -0.3 is 8.83 Å². The van der Waals surface area contributed by atoms with Gasteiger partial charge in [0.15, 0.2) is 0 Å². The molecule has 50 heavy (non-hydrogen) atoms. The molecule has 0 bridgehead atoms. The summed E-state index contributed by atoms with van der Waals surface area (Å²) in [5, 5.41) is 11.3. The number of allylic oxidation sites excluding steroid dienone is 8. The summed E-state index contributed by atoms with van der Waals surface area (Å²) in [6, 6.07) is 40.8. The molecule has 0 saturated heterocycles. The van der Waals surface area contributed by atoms with Crippen molar-refractivity contribution in [1.29, 1.82) is 0 Å². The van der Waals surface area contributed by atoms with Gasteiger partial charge in [-0.2, -0.15) is 0 Å². The van der Waals surface area contributed by atoms with E-state index < -0.39 is 0 Å². The summed E-state index contributed by atoms with van der Waals surface area (Å²) >= 11 is 0. The Morgan fingerprint density at radius 3 is 1.96 bits per heavy atom. The van der Waals surface area contributed by atoms with E-state index >= 15 is 0 Å². The van der Waals surface area contributed by atoms with E-state index in [4.69, 9.17) is 8.83 Å².